The van der Waals surface area contributed by atoms with Crippen molar-refractivity contribution in [1.29, 1.82) is 0 Å². The lowest BCUT2D eigenvalue weighted by Crippen LogP contribution is -2.31. The molecule has 0 saturated carbocycles. The highest BCUT2D eigenvalue weighted by Crippen LogP contribution is 2.42. The van der Waals surface area contributed by atoms with Gasteiger partial charge in [0.05, 0.1) is 30.0 Å². The Morgan fingerprint density at radius 2 is 1.86 bits per heavy atom. The van der Waals surface area contributed by atoms with Crippen molar-refractivity contribution < 1.29 is 18.7 Å². The number of hydrogen-bond donors (Lipinski definition) is 0. The summed E-state index contributed by atoms with van der Waals surface area (Å²) >= 11 is 1.50. The van der Waals surface area contributed by atoms with E-state index in [4.69, 9.17) is 14.1 Å². The molecule has 2 heterocycles. The fraction of sp³-hybridized carbons (Fsp3) is 0.179. The van der Waals surface area contributed by atoms with E-state index in [1.165, 1.54) is 11.8 Å². The van der Waals surface area contributed by atoms with E-state index in [0.717, 1.165) is 20.9 Å². The number of anilines is 1. The molecule has 0 unspecified atom stereocenters. The molecule has 1 amide bonds. The third-order valence-electron chi connectivity index (χ3n) is 5.81. The summed E-state index contributed by atoms with van der Waals surface area (Å²) in [6.45, 7) is 6.11. The fourth-order valence-corrected chi connectivity index (χ4v) is 5.10. The monoisotopic (exact) mass is 484 g/mol. The van der Waals surface area contributed by atoms with Crippen molar-refractivity contribution in [2.24, 2.45) is 0 Å². The topological polar surface area (TPSA) is 72.6 Å². The Morgan fingerprint density at radius 1 is 1.03 bits per heavy atom. The Labute approximate surface area is 207 Å². The van der Waals surface area contributed by atoms with Gasteiger partial charge in [0.1, 0.15) is 11.5 Å². The van der Waals surface area contributed by atoms with Gasteiger partial charge < -0.3 is 14.1 Å². The minimum atomic E-state index is -0.422. The first-order valence-electron chi connectivity index (χ1n) is 11.4. The Hall–Kier alpha value is -3.84. The van der Waals surface area contributed by atoms with E-state index in [9.17, 15) is 9.59 Å². The van der Waals surface area contributed by atoms with Crippen molar-refractivity contribution in [2.75, 3.05) is 11.5 Å². The van der Waals surface area contributed by atoms with Gasteiger partial charge in [0, 0.05) is 15.4 Å². The zero-order valence-electron chi connectivity index (χ0n) is 19.7. The number of carbonyl (C=O) groups is 2. The van der Waals surface area contributed by atoms with Crippen LogP contribution in [0.2, 0.25) is 0 Å². The van der Waals surface area contributed by atoms with Crippen LogP contribution < -0.4 is 4.90 Å². The molecule has 35 heavy (non-hydrogen) atoms. The standard InChI is InChI=1S/C28H24N2O4S/c1-4-33-28(32)20-12-13-25-23(15-20)30(27(31)21-10-5-6-11-24(21)35-25)16-22-18(3)34-26(29-22)19-9-7-8-17(2)14-19/h5-15H,4,16H2,1-3H3. The van der Waals surface area contributed by atoms with Crippen LogP contribution in [0.4, 0.5) is 5.69 Å². The molecule has 7 heteroatoms. The number of oxazole rings is 1. The summed E-state index contributed by atoms with van der Waals surface area (Å²) in [4.78, 5) is 34.4. The van der Waals surface area contributed by atoms with E-state index in [2.05, 4.69) is 0 Å². The van der Waals surface area contributed by atoms with Gasteiger partial charge in [-0.05, 0) is 63.2 Å². The maximum Gasteiger partial charge on any atom is 0.338 e. The molecular formula is C28H24N2O4S. The molecule has 0 spiro atoms. The number of nitrogens with zero attached hydrogens (tertiary/aromatic N) is 2. The molecule has 0 fully saturated rings. The molecule has 1 aliphatic rings. The number of fused-ring (bicyclic) bond motifs is 2. The van der Waals surface area contributed by atoms with Crippen LogP contribution in [0.15, 0.2) is 80.9 Å². The summed E-state index contributed by atoms with van der Waals surface area (Å²) in [5, 5.41) is 0. The zero-order chi connectivity index (χ0) is 24.5. The summed E-state index contributed by atoms with van der Waals surface area (Å²) in [6, 6.07) is 20.8. The van der Waals surface area contributed by atoms with Crippen molar-refractivity contribution in [3.8, 4) is 11.5 Å². The average molecular weight is 485 g/mol. The summed E-state index contributed by atoms with van der Waals surface area (Å²) in [5.74, 6) is 0.572. The molecule has 0 aliphatic carbocycles. The van der Waals surface area contributed by atoms with E-state index in [0.29, 0.717) is 34.2 Å². The lowest BCUT2D eigenvalue weighted by molar-refractivity contribution is 0.0526. The Morgan fingerprint density at radius 3 is 2.66 bits per heavy atom. The van der Waals surface area contributed by atoms with Crippen LogP contribution in [-0.2, 0) is 11.3 Å². The Balaban J connectivity index is 1.59. The van der Waals surface area contributed by atoms with Crippen molar-refractivity contribution in [3.63, 3.8) is 0 Å². The smallest absolute Gasteiger partial charge is 0.338 e. The molecule has 6 nitrogen and oxygen atoms in total. The number of hydrogen-bond acceptors (Lipinski definition) is 6. The highest BCUT2D eigenvalue weighted by Gasteiger charge is 2.30. The Bertz CT molecular complexity index is 1440. The maximum atomic E-state index is 13.8. The van der Waals surface area contributed by atoms with Gasteiger partial charge in [-0.2, -0.15) is 0 Å². The van der Waals surface area contributed by atoms with Gasteiger partial charge in [-0.1, -0.05) is 41.6 Å². The molecule has 1 aromatic heterocycles. The molecule has 0 atom stereocenters. The largest absolute Gasteiger partial charge is 0.462 e. The highest BCUT2D eigenvalue weighted by atomic mass is 32.2. The van der Waals surface area contributed by atoms with Gasteiger partial charge in [0.25, 0.3) is 5.91 Å². The normalized spacial score (nSPS) is 12.7. The predicted molar refractivity (Wildman–Crippen MR) is 135 cm³/mol. The minimum absolute atomic E-state index is 0.160. The van der Waals surface area contributed by atoms with Gasteiger partial charge >= 0.3 is 5.97 Å². The number of aryl methyl sites for hydroxylation is 2. The second-order valence-corrected chi connectivity index (χ2v) is 9.37. The number of carbonyl (C=O) groups excluding carboxylic acids is 2. The molecule has 0 saturated heterocycles. The molecule has 5 rings (SSSR count). The van der Waals surface area contributed by atoms with Crippen molar-refractivity contribution >= 4 is 29.3 Å². The van der Waals surface area contributed by atoms with Crippen LogP contribution in [-0.4, -0.2) is 23.5 Å². The quantitative estimate of drug-likeness (QED) is 0.303. The van der Waals surface area contributed by atoms with Crippen LogP contribution in [0, 0.1) is 13.8 Å². The number of benzene rings is 3. The summed E-state index contributed by atoms with van der Waals surface area (Å²) < 4.78 is 11.2. The van der Waals surface area contributed by atoms with E-state index in [1.54, 1.807) is 24.0 Å². The molecule has 176 valence electrons. The first-order valence-corrected chi connectivity index (χ1v) is 12.2. The van der Waals surface area contributed by atoms with Crippen LogP contribution in [0.25, 0.3) is 11.5 Å². The second-order valence-electron chi connectivity index (χ2n) is 8.28. The molecule has 0 N–H and O–H groups in total. The van der Waals surface area contributed by atoms with E-state index in [1.807, 2.05) is 68.4 Å². The Kier molecular flexibility index (Phi) is 6.17. The first kappa shape index (κ1) is 22.9. The number of ether oxygens (including phenoxy) is 1. The molecule has 4 aromatic rings. The first-order chi connectivity index (χ1) is 16.9. The van der Waals surface area contributed by atoms with E-state index < -0.39 is 5.97 Å². The third-order valence-corrected chi connectivity index (χ3v) is 6.95. The molecule has 0 bridgehead atoms. The predicted octanol–water partition coefficient (Wildman–Crippen LogP) is 6.45. The molecule has 1 aliphatic heterocycles. The SMILES string of the molecule is CCOC(=O)c1ccc2c(c1)N(Cc1nc(-c3cccc(C)c3)oc1C)C(=O)c1ccccc1S2. The van der Waals surface area contributed by atoms with Crippen molar-refractivity contribution in [2.45, 2.75) is 37.1 Å². The van der Waals surface area contributed by atoms with Gasteiger partial charge in [-0.25, -0.2) is 9.78 Å². The van der Waals surface area contributed by atoms with Crippen molar-refractivity contribution in [3.05, 3.63) is 94.9 Å². The van der Waals surface area contributed by atoms with Gasteiger partial charge in [-0.3, -0.25) is 4.79 Å². The number of rotatable bonds is 5. The summed E-state index contributed by atoms with van der Waals surface area (Å²) in [7, 11) is 0. The molecule has 0 radical (unpaired) electrons. The van der Waals surface area contributed by atoms with Gasteiger partial charge in [0.15, 0.2) is 0 Å². The van der Waals surface area contributed by atoms with Crippen LogP contribution in [0.3, 0.4) is 0 Å². The van der Waals surface area contributed by atoms with E-state index >= 15 is 0 Å². The number of aromatic nitrogens is 1. The van der Waals surface area contributed by atoms with Crippen molar-refractivity contribution in [1.82, 2.24) is 4.98 Å². The number of esters is 1. The van der Waals surface area contributed by atoms with Crippen LogP contribution in [0.1, 0.15) is 44.7 Å². The van der Waals surface area contributed by atoms with Crippen LogP contribution >= 0.6 is 11.8 Å². The number of amides is 1. The lowest BCUT2D eigenvalue weighted by atomic mass is 10.1. The molecular weight excluding hydrogens is 460 g/mol. The maximum absolute atomic E-state index is 13.8. The third kappa shape index (κ3) is 4.47. The zero-order valence-corrected chi connectivity index (χ0v) is 20.5. The van der Waals surface area contributed by atoms with Gasteiger partial charge in [-0.15, -0.1) is 0 Å². The van der Waals surface area contributed by atoms with E-state index in [-0.39, 0.29) is 19.1 Å². The highest BCUT2D eigenvalue weighted by molar-refractivity contribution is 7.99. The minimum Gasteiger partial charge on any atom is -0.462 e. The molecule has 3 aromatic carbocycles. The van der Waals surface area contributed by atoms with Crippen LogP contribution in [0.5, 0.6) is 0 Å². The summed E-state index contributed by atoms with van der Waals surface area (Å²) in [5.41, 5.74) is 4.29. The average Bonchev–Trinajstić information content (AvgIpc) is 3.17. The summed E-state index contributed by atoms with van der Waals surface area (Å²) in [6.07, 6.45) is 0. The van der Waals surface area contributed by atoms with Gasteiger partial charge in [0.2, 0.25) is 5.89 Å². The second kappa shape index (κ2) is 9.43. The lowest BCUT2D eigenvalue weighted by Gasteiger charge is -2.23. The fourth-order valence-electron chi connectivity index (χ4n) is 4.04.